The zero-order valence-electron chi connectivity index (χ0n) is 11.9. The van der Waals surface area contributed by atoms with Crippen LogP contribution in [0.4, 0.5) is 0 Å². The number of amides is 1. The molecule has 0 radical (unpaired) electrons. The molecule has 1 amide bonds. The molecule has 0 unspecified atom stereocenters. The summed E-state index contributed by atoms with van der Waals surface area (Å²) in [5.74, 6) is 0.505. The Bertz CT molecular complexity index is 702. The van der Waals surface area contributed by atoms with E-state index in [0.29, 0.717) is 11.3 Å². The van der Waals surface area contributed by atoms with E-state index in [1.165, 1.54) is 18.4 Å². The van der Waals surface area contributed by atoms with Gasteiger partial charge in [-0.15, -0.1) is 0 Å². The third-order valence-corrected chi connectivity index (χ3v) is 4.66. The highest BCUT2D eigenvalue weighted by Crippen LogP contribution is 2.42. The maximum atomic E-state index is 12.9. The number of nitrogens with zero attached hydrogens (tertiary/aromatic N) is 1. The van der Waals surface area contributed by atoms with Gasteiger partial charge in [-0.3, -0.25) is 4.79 Å². The van der Waals surface area contributed by atoms with Crippen molar-refractivity contribution in [3.05, 3.63) is 46.7 Å². The lowest BCUT2D eigenvalue weighted by molar-refractivity contribution is 0.0739. The standard InChI is InChI=1S/C17H17NO3/c1-21-16-9-13-11(8-15(16)19)7-12-6-10-4-2-3-5-14(10)18(12)17(13)20/h2,4,8-9,12,19H,3,5-7H2,1H3/t12-/m0/s1. The largest absolute Gasteiger partial charge is 0.504 e. The number of ether oxygens (including phenoxy) is 1. The predicted molar refractivity (Wildman–Crippen MR) is 78.3 cm³/mol. The van der Waals surface area contributed by atoms with Crippen LogP contribution in [0.3, 0.4) is 0 Å². The third kappa shape index (κ3) is 1.71. The van der Waals surface area contributed by atoms with Crippen molar-refractivity contribution in [1.29, 1.82) is 0 Å². The highest BCUT2D eigenvalue weighted by atomic mass is 16.5. The second-order valence-electron chi connectivity index (χ2n) is 5.83. The zero-order chi connectivity index (χ0) is 14.6. The van der Waals surface area contributed by atoms with Crippen LogP contribution >= 0.6 is 0 Å². The predicted octanol–water partition coefficient (Wildman–Crippen LogP) is 2.78. The molecule has 1 aromatic rings. The van der Waals surface area contributed by atoms with Crippen molar-refractivity contribution < 1.29 is 14.6 Å². The van der Waals surface area contributed by atoms with E-state index in [2.05, 4.69) is 12.2 Å². The molecule has 1 aromatic carbocycles. The van der Waals surface area contributed by atoms with Gasteiger partial charge in [-0.25, -0.2) is 0 Å². The first-order chi connectivity index (χ1) is 10.2. The molecule has 4 rings (SSSR count). The number of allylic oxidation sites excluding steroid dienone is 3. The summed E-state index contributed by atoms with van der Waals surface area (Å²) in [5.41, 5.74) is 4.06. The third-order valence-electron chi connectivity index (χ3n) is 4.66. The van der Waals surface area contributed by atoms with E-state index in [-0.39, 0.29) is 17.7 Å². The first-order valence-electron chi connectivity index (χ1n) is 7.31. The number of methoxy groups -OCH3 is 1. The molecule has 21 heavy (non-hydrogen) atoms. The van der Waals surface area contributed by atoms with Crippen molar-refractivity contribution in [2.45, 2.75) is 31.7 Å². The minimum Gasteiger partial charge on any atom is -0.504 e. The summed E-state index contributed by atoms with van der Waals surface area (Å²) < 4.78 is 5.13. The van der Waals surface area contributed by atoms with E-state index in [4.69, 9.17) is 4.74 Å². The van der Waals surface area contributed by atoms with Crippen LogP contribution < -0.4 is 4.74 Å². The molecule has 3 aliphatic rings. The van der Waals surface area contributed by atoms with Crippen molar-refractivity contribution in [3.63, 3.8) is 0 Å². The van der Waals surface area contributed by atoms with Crippen LogP contribution in [-0.4, -0.2) is 29.1 Å². The van der Waals surface area contributed by atoms with E-state index >= 15 is 0 Å². The Kier molecular flexibility index (Phi) is 2.61. The van der Waals surface area contributed by atoms with Gasteiger partial charge in [0, 0.05) is 17.3 Å². The van der Waals surface area contributed by atoms with E-state index in [0.717, 1.165) is 31.2 Å². The Labute approximate surface area is 123 Å². The van der Waals surface area contributed by atoms with Crippen LogP contribution in [0, 0.1) is 0 Å². The summed E-state index contributed by atoms with van der Waals surface area (Å²) >= 11 is 0. The molecule has 2 heterocycles. The van der Waals surface area contributed by atoms with Crippen LogP contribution in [0.15, 0.2) is 35.6 Å². The monoisotopic (exact) mass is 283 g/mol. The van der Waals surface area contributed by atoms with E-state index in [1.807, 2.05) is 4.90 Å². The van der Waals surface area contributed by atoms with Gasteiger partial charge in [0.2, 0.25) is 0 Å². The molecule has 108 valence electrons. The van der Waals surface area contributed by atoms with Gasteiger partial charge in [0.15, 0.2) is 11.5 Å². The SMILES string of the molecule is COc1cc2c(cc1O)C[C@@H]1CC3=C(CCC=C3)N1C2=O. The van der Waals surface area contributed by atoms with Gasteiger partial charge >= 0.3 is 0 Å². The van der Waals surface area contributed by atoms with Gasteiger partial charge in [-0.05, 0) is 49.0 Å². The molecule has 2 aliphatic heterocycles. The average Bonchev–Trinajstić information content (AvgIpc) is 2.85. The van der Waals surface area contributed by atoms with Crippen LogP contribution in [0.1, 0.15) is 35.2 Å². The van der Waals surface area contributed by atoms with Crippen LogP contribution in [0.25, 0.3) is 0 Å². The number of phenols is 1. The number of rotatable bonds is 1. The van der Waals surface area contributed by atoms with Crippen molar-refractivity contribution in [2.75, 3.05) is 7.11 Å². The maximum Gasteiger partial charge on any atom is 0.258 e. The van der Waals surface area contributed by atoms with Crippen LogP contribution in [0.2, 0.25) is 0 Å². The summed E-state index contributed by atoms with van der Waals surface area (Å²) in [5, 5.41) is 9.93. The number of hydrogen-bond acceptors (Lipinski definition) is 3. The fourth-order valence-electron chi connectivity index (χ4n) is 3.71. The maximum absolute atomic E-state index is 12.9. The van der Waals surface area contributed by atoms with Gasteiger partial charge in [-0.1, -0.05) is 12.2 Å². The van der Waals surface area contributed by atoms with Crippen molar-refractivity contribution in [2.24, 2.45) is 0 Å². The van der Waals surface area contributed by atoms with Gasteiger partial charge in [-0.2, -0.15) is 0 Å². The first kappa shape index (κ1) is 12.5. The zero-order valence-corrected chi connectivity index (χ0v) is 11.9. The summed E-state index contributed by atoms with van der Waals surface area (Å²) in [6, 6.07) is 3.54. The molecular formula is C17H17NO3. The molecule has 0 saturated carbocycles. The Morgan fingerprint density at radius 3 is 3.00 bits per heavy atom. The molecule has 4 heteroatoms. The minimum absolute atomic E-state index is 0.0415. The average molecular weight is 283 g/mol. The number of carbonyl (C=O) groups is 1. The molecule has 0 saturated heterocycles. The lowest BCUT2D eigenvalue weighted by Gasteiger charge is -2.34. The fraction of sp³-hybridized carbons (Fsp3) is 0.353. The van der Waals surface area contributed by atoms with Crippen molar-refractivity contribution >= 4 is 5.91 Å². The molecule has 4 nitrogen and oxygen atoms in total. The molecule has 0 bridgehead atoms. The smallest absolute Gasteiger partial charge is 0.258 e. The summed E-state index contributed by atoms with van der Waals surface area (Å²) in [4.78, 5) is 14.8. The Morgan fingerprint density at radius 1 is 1.33 bits per heavy atom. The quantitative estimate of drug-likeness (QED) is 0.862. The first-order valence-corrected chi connectivity index (χ1v) is 7.31. The number of fused-ring (bicyclic) bond motifs is 3. The van der Waals surface area contributed by atoms with Gasteiger partial charge in [0.25, 0.3) is 5.91 Å². The van der Waals surface area contributed by atoms with Crippen molar-refractivity contribution in [3.8, 4) is 11.5 Å². The normalized spacial score (nSPS) is 23.0. The van der Waals surface area contributed by atoms with Gasteiger partial charge in [0.1, 0.15) is 0 Å². The Hall–Kier alpha value is -2.23. The van der Waals surface area contributed by atoms with E-state index < -0.39 is 0 Å². The van der Waals surface area contributed by atoms with Gasteiger partial charge < -0.3 is 14.7 Å². The molecule has 0 aromatic heterocycles. The number of phenolic OH excluding ortho intramolecular Hbond substituents is 1. The fourth-order valence-corrected chi connectivity index (χ4v) is 3.71. The molecule has 1 atom stereocenters. The molecule has 0 fully saturated rings. The minimum atomic E-state index is 0.0415. The van der Waals surface area contributed by atoms with Gasteiger partial charge in [0.05, 0.1) is 7.11 Å². The summed E-state index contributed by atoms with van der Waals surface area (Å²) in [7, 11) is 1.50. The number of benzene rings is 1. The number of aromatic hydroxyl groups is 1. The lowest BCUT2D eigenvalue weighted by Crippen LogP contribution is -2.41. The van der Waals surface area contributed by atoms with E-state index in [9.17, 15) is 9.90 Å². The number of hydrogen-bond donors (Lipinski definition) is 1. The molecular weight excluding hydrogens is 266 g/mol. The van der Waals surface area contributed by atoms with Crippen LogP contribution in [0.5, 0.6) is 11.5 Å². The second kappa shape index (κ2) is 4.38. The topological polar surface area (TPSA) is 49.8 Å². The summed E-state index contributed by atoms with van der Waals surface area (Å²) in [6.07, 6.45) is 8.00. The second-order valence-corrected chi connectivity index (χ2v) is 5.83. The van der Waals surface area contributed by atoms with Crippen molar-refractivity contribution in [1.82, 2.24) is 4.90 Å². The number of carbonyl (C=O) groups excluding carboxylic acids is 1. The Balaban J connectivity index is 1.80. The van der Waals surface area contributed by atoms with E-state index in [1.54, 1.807) is 12.1 Å². The molecule has 1 N–H and O–H groups in total. The highest BCUT2D eigenvalue weighted by Gasteiger charge is 2.40. The highest BCUT2D eigenvalue weighted by molar-refractivity contribution is 5.99. The van der Waals surface area contributed by atoms with Crippen LogP contribution in [-0.2, 0) is 6.42 Å². The summed E-state index contributed by atoms with van der Waals surface area (Å²) in [6.45, 7) is 0. The Morgan fingerprint density at radius 2 is 2.19 bits per heavy atom. The molecule has 1 aliphatic carbocycles. The lowest BCUT2D eigenvalue weighted by atomic mass is 9.92. The molecule has 0 spiro atoms.